The number of rotatable bonds is 9. The van der Waals surface area contributed by atoms with Gasteiger partial charge in [-0.2, -0.15) is 0 Å². The van der Waals surface area contributed by atoms with Crippen molar-refractivity contribution in [1.29, 1.82) is 0 Å². The normalized spacial score (nSPS) is 21.3. The number of nitrogens with zero attached hydrogens (tertiary/aromatic N) is 1. The average Bonchev–Trinajstić information content (AvgIpc) is 3.27. The molecule has 2 fully saturated rings. The molecule has 6 heteroatoms. The van der Waals surface area contributed by atoms with Gasteiger partial charge in [0.15, 0.2) is 5.78 Å². The second kappa shape index (κ2) is 7.73. The van der Waals surface area contributed by atoms with Crippen LogP contribution in [0.3, 0.4) is 0 Å². The number of amides is 1. The molecule has 23 heavy (non-hydrogen) atoms. The van der Waals surface area contributed by atoms with E-state index in [1.54, 1.807) is 13.8 Å². The smallest absolute Gasteiger partial charge is 0.270 e. The zero-order valence-corrected chi connectivity index (χ0v) is 14.0. The fourth-order valence-electron chi connectivity index (χ4n) is 2.80. The number of nitrogens with two attached hydrogens (primary N) is 1. The summed E-state index contributed by atoms with van der Waals surface area (Å²) in [4.78, 5) is 37.0. The molecule has 1 heterocycles. The lowest BCUT2D eigenvalue weighted by molar-refractivity contribution is -0.143. The fourth-order valence-corrected chi connectivity index (χ4v) is 2.80. The number of ketones is 1. The highest BCUT2D eigenvalue weighted by atomic mass is 16.2. The van der Waals surface area contributed by atoms with Gasteiger partial charge in [-0.1, -0.05) is 12.8 Å². The van der Waals surface area contributed by atoms with E-state index in [9.17, 15) is 14.4 Å². The maximum absolute atomic E-state index is 12.2. The van der Waals surface area contributed by atoms with E-state index in [1.807, 2.05) is 0 Å². The Hall–Kier alpha value is -1.69. The van der Waals surface area contributed by atoms with Gasteiger partial charge in [0.25, 0.3) is 5.91 Å². The molecule has 3 N–H and O–H groups in total. The molecule has 0 spiro atoms. The van der Waals surface area contributed by atoms with Gasteiger partial charge in [-0.05, 0) is 38.2 Å². The summed E-state index contributed by atoms with van der Waals surface area (Å²) >= 11 is 0. The van der Waals surface area contributed by atoms with Gasteiger partial charge in [0.1, 0.15) is 6.29 Å². The van der Waals surface area contributed by atoms with Gasteiger partial charge >= 0.3 is 0 Å². The Balaban J connectivity index is 1.76. The van der Waals surface area contributed by atoms with Gasteiger partial charge in [-0.15, -0.1) is 0 Å². The number of likely N-dealkylation sites (tertiary alicyclic amines) is 1. The molecule has 1 saturated carbocycles. The molecule has 0 bridgehead atoms. The van der Waals surface area contributed by atoms with Gasteiger partial charge < -0.3 is 20.7 Å². The first-order valence-electron chi connectivity index (χ1n) is 8.36. The minimum absolute atomic E-state index is 0.0118. The van der Waals surface area contributed by atoms with Crippen molar-refractivity contribution in [3.05, 3.63) is 11.3 Å². The SMILES string of the molecule is CC(C)=C(N)C(=O)N1CCC1C(=O)CNCC(C=O)CC1CC1. The van der Waals surface area contributed by atoms with Crippen LogP contribution < -0.4 is 11.1 Å². The number of nitrogens with one attached hydrogen (secondary N) is 1. The Bertz CT molecular complexity index is 507. The van der Waals surface area contributed by atoms with Gasteiger partial charge in [-0.25, -0.2) is 0 Å². The summed E-state index contributed by atoms with van der Waals surface area (Å²) in [5.41, 5.74) is 6.75. The van der Waals surface area contributed by atoms with E-state index >= 15 is 0 Å². The predicted molar refractivity (Wildman–Crippen MR) is 87.5 cm³/mol. The van der Waals surface area contributed by atoms with Crippen LogP contribution in [0, 0.1) is 11.8 Å². The van der Waals surface area contributed by atoms with Crippen LogP contribution in [-0.4, -0.2) is 48.6 Å². The van der Waals surface area contributed by atoms with Gasteiger partial charge in [0, 0.05) is 19.0 Å². The van der Waals surface area contributed by atoms with Crippen molar-refractivity contribution in [2.75, 3.05) is 19.6 Å². The Morgan fingerprint density at radius 1 is 1.30 bits per heavy atom. The summed E-state index contributed by atoms with van der Waals surface area (Å²) in [6, 6.07) is -0.383. The van der Waals surface area contributed by atoms with E-state index < -0.39 is 0 Å². The summed E-state index contributed by atoms with van der Waals surface area (Å²) in [5, 5.41) is 3.07. The van der Waals surface area contributed by atoms with Crippen LogP contribution in [-0.2, 0) is 14.4 Å². The van der Waals surface area contributed by atoms with Crippen LogP contribution in [0.25, 0.3) is 0 Å². The molecule has 0 aromatic carbocycles. The molecule has 1 saturated heterocycles. The Kier molecular flexibility index (Phi) is 5.93. The highest BCUT2D eigenvalue weighted by Crippen LogP contribution is 2.34. The summed E-state index contributed by atoms with van der Waals surface area (Å²) < 4.78 is 0. The molecule has 6 nitrogen and oxygen atoms in total. The third kappa shape index (κ3) is 4.64. The second-order valence-corrected chi connectivity index (χ2v) is 6.89. The van der Waals surface area contributed by atoms with E-state index in [1.165, 1.54) is 17.7 Å². The first kappa shape index (κ1) is 17.7. The first-order valence-corrected chi connectivity index (χ1v) is 8.36. The second-order valence-electron chi connectivity index (χ2n) is 6.89. The standard InChI is InChI=1S/C17H27N3O3/c1-11(2)16(18)17(23)20-6-5-14(20)15(22)9-19-8-13(10-21)7-12-3-4-12/h10,12-14,19H,3-9,18H2,1-2H3. The Morgan fingerprint density at radius 2 is 2.00 bits per heavy atom. The molecule has 0 radical (unpaired) electrons. The van der Waals surface area contributed by atoms with Crippen molar-refractivity contribution in [3.8, 4) is 0 Å². The largest absolute Gasteiger partial charge is 0.394 e. The van der Waals surface area contributed by atoms with E-state index in [2.05, 4.69) is 5.32 Å². The lowest BCUT2D eigenvalue weighted by Crippen LogP contribution is -2.58. The fraction of sp³-hybridized carbons (Fsp3) is 0.706. The average molecular weight is 321 g/mol. The molecule has 2 unspecified atom stereocenters. The van der Waals surface area contributed by atoms with Crippen LogP contribution >= 0.6 is 0 Å². The zero-order chi connectivity index (χ0) is 17.0. The van der Waals surface area contributed by atoms with E-state index in [0.29, 0.717) is 25.4 Å². The molecule has 128 valence electrons. The first-order chi connectivity index (χ1) is 10.9. The minimum atomic E-state index is -0.383. The number of hydrogen-bond acceptors (Lipinski definition) is 5. The highest BCUT2D eigenvalue weighted by Gasteiger charge is 2.37. The quantitative estimate of drug-likeness (QED) is 0.479. The van der Waals surface area contributed by atoms with Crippen molar-refractivity contribution >= 4 is 18.0 Å². The molecule has 1 aliphatic carbocycles. The van der Waals surface area contributed by atoms with Crippen molar-refractivity contribution in [2.45, 2.75) is 45.6 Å². The minimum Gasteiger partial charge on any atom is -0.394 e. The van der Waals surface area contributed by atoms with Gasteiger partial charge in [-0.3, -0.25) is 9.59 Å². The third-order valence-electron chi connectivity index (χ3n) is 4.65. The van der Waals surface area contributed by atoms with Crippen LogP contribution in [0.1, 0.15) is 39.5 Å². The molecular formula is C17H27N3O3. The van der Waals surface area contributed by atoms with Crippen LogP contribution in [0.5, 0.6) is 0 Å². The molecule has 0 aromatic rings. The topological polar surface area (TPSA) is 92.5 Å². The predicted octanol–water partition coefficient (Wildman–Crippen LogP) is 0.614. The molecule has 2 atom stereocenters. The number of carbonyl (C=O) groups excluding carboxylic acids is 3. The number of allylic oxidation sites excluding steroid dienone is 1. The molecule has 1 aliphatic heterocycles. The lowest BCUT2D eigenvalue weighted by Gasteiger charge is -2.40. The number of aldehydes is 1. The van der Waals surface area contributed by atoms with Crippen molar-refractivity contribution < 1.29 is 14.4 Å². The van der Waals surface area contributed by atoms with E-state index in [-0.39, 0.29) is 35.9 Å². The maximum atomic E-state index is 12.2. The molecule has 2 rings (SSSR count). The highest BCUT2D eigenvalue weighted by molar-refractivity contribution is 5.98. The number of hydrogen-bond donors (Lipinski definition) is 2. The van der Waals surface area contributed by atoms with Crippen LogP contribution in [0.15, 0.2) is 11.3 Å². The van der Waals surface area contributed by atoms with Crippen molar-refractivity contribution in [2.24, 2.45) is 17.6 Å². The van der Waals surface area contributed by atoms with Gasteiger partial charge in [0.2, 0.25) is 0 Å². The summed E-state index contributed by atoms with van der Waals surface area (Å²) in [6.45, 7) is 4.86. The Labute approximate surface area is 137 Å². The third-order valence-corrected chi connectivity index (χ3v) is 4.65. The number of Topliss-reactive ketones (excluding diaryl/α,β-unsaturated/α-hetero) is 1. The van der Waals surface area contributed by atoms with Crippen molar-refractivity contribution in [3.63, 3.8) is 0 Å². The maximum Gasteiger partial charge on any atom is 0.270 e. The molecular weight excluding hydrogens is 294 g/mol. The molecule has 2 aliphatic rings. The zero-order valence-electron chi connectivity index (χ0n) is 14.0. The van der Waals surface area contributed by atoms with Crippen LogP contribution in [0.2, 0.25) is 0 Å². The van der Waals surface area contributed by atoms with E-state index in [0.717, 1.165) is 18.3 Å². The summed E-state index contributed by atoms with van der Waals surface area (Å²) in [7, 11) is 0. The molecule has 0 aromatic heterocycles. The van der Waals surface area contributed by atoms with Crippen LogP contribution in [0.4, 0.5) is 0 Å². The monoisotopic (exact) mass is 321 g/mol. The summed E-state index contributed by atoms with van der Waals surface area (Å²) in [5.74, 6) is 0.404. The van der Waals surface area contributed by atoms with Gasteiger partial charge in [0.05, 0.1) is 18.3 Å². The number of carbonyl (C=O) groups is 3. The van der Waals surface area contributed by atoms with E-state index in [4.69, 9.17) is 5.73 Å². The van der Waals surface area contributed by atoms with Crippen molar-refractivity contribution in [1.82, 2.24) is 10.2 Å². The molecule has 1 amide bonds. The lowest BCUT2D eigenvalue weighted by atomic mass is 9.97. The summed E-state index contributed by atoms with van der Waals surface area (Å²) in [6.07, 6.45) is 5.00. The Morgan fingerprint density at radius 3 is 2.48 bits per heavy atom.